The van der Waals surface area contributed by atoms with Gasteiger partial charge in [-0.15, -0.1) is 0 Å². The van der Waals surface area contributed by atoms with E-state index >= 15 is 0 Å². The smallest absolute Gasteiger partial charge is 0.157 e. The summed E-state index contributed by atoms with van der Waals surface area (Å²) < 4.78 is 7.56. The van der Waals surface area contributed by atoms with Crippen LogP contribution in [0, 0.1) is 0 Å². The van der Waals surface area contributed by atoms with Gasteiger partial charge in [0.1, 0.15) is 5.82 Å². The highest BCUT2D eigenvalue weighted by Crippen LogP contribution is 2.31. The van der Waals surface area contributed by atoms with E-state index in [1.807, 2.05) is 10.7 Å². The van der Waals surface area contributed by atoms with Gasteiger partial charge in [-0.1, -0.05) is 0 Å². The topological polar surface area (TPSA) is 80.1 Å². The fourth-order valence-electron chi connectivity index (χ4n) is 4.28. The number of nitrogens with one attached hydrogen (secondary N) is 2. The third-order valence-corrected chi connectivity index (χ3v) is 5.78. The first-order chi connectivity index (χ1) is 13.4. The molecule has 1 fully saturated rings. The summed E-state index contributed by atoms with van der Waals surface area (Å²) in [6.45, 7) is 2.51. The number of aryl methyl sites for hydroxylation is 1. The quantitative estimate of drug-likeness (QED) is 0.726. The van der Waals surface area contributed by atoms with Crippen molar-refractivity contribution in [2.45, 2.75) is 50.9 Å². The largest absolute Gasteiger partial charge is 0.381 e. The molecule has 7 nitrogen and oxygen atoms in total. The molecule has 0 unspecified atom stereocenters. The Kier molecular flexibility index (Phi) is 4.53. The van der Waals surface area contributed by atoms with Gasteiger partial charge < -0.3 is 15.0 Å². The van der Waals surface area contributed by atoms with Crippen molar-refractivity contribution in [3.8, 4) is 0 Å². The third-order valence-electron chi connectivity index (χ3n) is 5.78. The lowest BCUT2D eigenvalue weighted by molar-refractivity contribution is 0.0844. The summed E-state index contributed by atoms with van der Waals surface area (Å²) in [6.07, 6.45) is 11.2. The zero-order valence-corrected chi connectivity index (χ0v) is 15.6. The molecule has 0 spiro atoms. The molecule has 142 valence electrons. The zero-order valence-electron chi connectivity index (χ0n) is 15.6. The number of nitrogens with zero attached hydrogens (tertiary/aromatic N) is 4. The molecule has 0 saturated carbocycles. The summed E-state index contributed by atoms with van der Waals surface area (Å²) in [6, 6.07) is 2.19. The van der Waals surface area contributed by atoms with E-state index in [2.05, 4.69) is 21.4 Å². The number of imidazole rings is 1. The van der Waals surface area contributed by atoms with Crippen molar-refractivity contribution in [1.82, 2.24) is 24.6 Å². The van der Waals surface area contributed by atoms with Crippen LogP contribution in [0.1, 0.15) is 54.2 Å². The van der Waals surface area contributed by atoms with E-state index in [1.165, 1.54) is 24.1 Å². The Hall–Kier alpha value is -2.41. The lowest BCUT2D eigenvalue weighted by Crippen LogP contribution is -2.17. The van der Waals surface area contributed by atoms with Crippen LogP contribution < -0.4 is 5.32 Å². The second-order valence-corrected chi connectivity index (χ2v) is 7.57. The van der Waals surface area contributed by atoms with Gasteiger partial charge in [-0.05, 0) is 38.5 Å². The van der Waals surface area contributed by atoms with Crippen LogP contribution >= 0.6 is 0 Å². The van der Waals surface area contributed by atoms with Crippen LogP contribution in [0.3, 0.4) is 0 Å². The Labute approximate surface area is 158 Å². The minimum absolute atomic E-state index is 0.482. The molecule has 0 aromatic carbocycles. The maximum atomic E-state index is 5.52. The molecule has 3 aromatic rings. The molecule has 3 aromatic heterocycles. The molecular weight excluding hydrogens is 340 g/mol. The van der Waals surface area contributed by atoms with Crippen LogP contribution in [0.4, 0.5) is 5.82 Å². The van der Waals surface area contributed by atoms with Crippen LogP contribution in [0.15, 0.2) is 18.6 Å². The second kappa shape index (κ2) is 7.31. The predicted octanol–water partition coefficient (Wildman–Crippen LogP) is 2.88. The maximum absolute atomic E-state index is 5.52. The number of anilines is 1. The van der Waals surface area contributed by atoms with Crippen molar-refractivity contribution < 1.29 is 4.74 Å². The van der Waals surface area contributed by atoms with Gasteiger partial charge >= 0.3 is 0 Å². The Balaban J connectivity index is 1.48. The van der Waals surface area contributed by atoms with E-state index in [0.717, 1.165) is 74.7 Å². The van der Waals surface area contributed by atoms with Crippen molar-refractivity contribution >= 4 is 11.5 Å². The molecule has 2 N–H and O–H groups in total. The molecule has 0 atom stereocenters. The number of fused-ring (bicyclic) bond motifs is 2. The Morgan fingerprint density at radius 3 is 2.96 bits per heavy atom. The summed E-state index contributed by atoms with van der Waals surface area (Å²) in [4.78, 5) is 12.2. The van der Waals surface area contributed by atoms with Crippen LogP contribution in [0.2, 0.25) is 0 Å². The minimum atomic E-state index is 0.482. The molecule has 1 aliphatic heterocycles. The van der Waals surface area contributed by atoms with E-state index in [9.17, 15) is 0 Å². The van der Waals surface area contributed by atoms with E-state index < -0.39 is 0 Å². The number of aromatic nitrogens is 5. The Bertz CT molecular complexity index is 910. The van der Waals surface area contributed by atoms with Crippen LogP contribution in [0.25, 0.3) is 5.65 Å². The van der Waals surface area contributed by atoms with Gasteiger partial charge in [0.15, 0.2) is 5.65 Å². The molecule has 4 heterocycles. The number of ether oxygens (including phenoxy) is 1. The summed E-state index contributed by atoms with van der Waals surface area (Å²) >= 11 is 0. The first-order valence-corrected chi connectivity index (χ1v) is 10.1. The number of aromatic amines is 1. The van der Waals surface area contributed by atoms with Gasteiger partial charge in [-0.25, -0.2) is 9.97 Å². The molecule has 0 amide bonds. The molecule has 7 heteroatoms. The zero-order chi connectivity index (χ0) is 18.1. The van der Waals surface area contributed by atoms with Crippen molar-refractivity contribution in [1.29, 1.82) is 0 Å². The van der Waals surface area contributed by atoms with Crippen LogP contribution in [-0.2, 0) is 24.0 Å². The van der Waals surface area contributed by atoms with Crippen molar-refractivity contribution in [3.63, 3.8) is 0 Å². The van der Waals surface area contributed by atoms with E-state index in [1.54, 1.807) is 6.33 Å². The van der Waals surface area contributed by atoms with Crippen molar-refractivity contribution in [2.24, 2.45) is 0 Å². The number of H-pyrrole nitrogens is 1. The molecule has 1 aliphatic carbocycles. The predicted molar refractivity (Wildman–Crippen MR) is 103 cm³/mol. The minimum Gasteiger partial charge on any atom is -0.381 e. The van der Waals surface area contributed by atoms with Gasteiger partial charge in [0.05, 0.1) is 12.0 Å². The molecule has 0 bridgehead atoms. The number of hydrogen-bond acceptors (Lipinski definition) is 5. The molecule has 0 radical (unpaired) electrons. The highest BCUT2D eigenvalue weighted by molar-refractivity contribution is 5.57. The van der Waals surface area contributed by atoms with Gasteiger partial charge in [-0.2, -0.15) is 9.61 Å². The summed E-state index contributed by atoms with van der Waals surface area (Å²) in [5.41, 5.74) is 5.87. The van der Waals surface area contributed by atoms with Gasteiger partial charge in [-0.3, -0.25) is 0 Å². The average molecular weight is 366 g/mol. The first kappa shape index (κ1) is 16.7. The summed E-state index contributed by atoms with van der Waals surface area (Å²) in [5, 5.41) is 8.63. The SMILES string of the molecule is c1ncc(CCNc2c3c(nc4cc(C5CCOCC5)nn24)CCCC3)[nH]1. The molecular formula is C20H26N6O. The number of rotatable bonds is 5. The molecule has 1 saturated heterocycles. The molecule has 27 heavy (non-hydrogen) atoms. The fraction of sp³-hybridized carbons (Fsp3) is 0.550. The standard InChI is InChI=1S/C20H26N6O/c1-2-4-17-16(3-1)20(22-8-5-15-12-21-13-23-15)26-19(24-17)11-18(25-26)14-6-9-27-10-7-14/h11-14,22H,1-10H2,(H,21,23). The molecule has 5 rings (SSSR count). The monoisotopic (exact) mass is 366 g/mol. The van der Waals surface area contributed by atoms with Gasteiger partial charge in [0, 0.05) is 61.3 Å². The average Bonchev–Trinajstić information content (AvgIpc) is 3.38. The lowest BCUT2D eigenvalue weighted by Gasteiger charge is -2.21. The van der Waals surface area contributed by atoms with Gasteiger partial charge in [0.2, 0.25) is 0 Å². The summed E-state index contributed by atoms with van der Waals surface area (Å²) in [5.74, 6) is 1.61. The highest BCUT2D eigenvalue weighted by atomic mass is 16.5. The van der Waals surface area contributed by atoms with Crippen LogP contribution in [-0.4, -0.2) is 44.3 Å². The Morgan fingerprint density at radius 2 is 2.11 bits per heavy atom. The van der Waals surface area contributed by atoms with E-state index in [0.29, 0.717) is 5.92 Å². The van der Waals surface area contributed by atoms with Crippen LogP contribution in [0.5, 0.6) is 0 Å². The van der Waals surface area contributed by atoms with E-state index in [4.69, 9.17) is 14.8 Å². The normalized spacial score (nSPS) is 17.9. The fourth-order valence-corrected chi connectivity index (χ4v) is 4.28. The molecule has 2 aliphatic rings. The second-order valence-electron chi connectivity index (χ2n) is 7.57. The van der Waals surface area contributed by atoms with Crippen molar-refractivity contribution in [3.05, 3.63) is 41.2 Å². The van der Waals surface area contributed by atoms with Crippen molar-refractivity contribution in [2.75, 3.05) is 25.1 Å². The first-order valence-electron chi connectivity index (χ1n) is 10.1. The Morgan fingerprint density at radius 1 is 1.22 bits per heavy atom. The highest BCUT2D eigenvalue weighted by Gasteiger charge is 2.23. The van der Waals surface area contributed by atoms with Gasteiger partial charge in [0.25, 0.3) is 0 Å². The summed E-state index contributed by atoms with van der Waals surface area (Å²) in [7, 11) is 0. The van der Waals surface area contributed by atoms with E-state index in [-0.39, 0.29) is 0 Å². The third kappa shape index (κ3) is 3.32. The lowest BCUT2D eigenvalue weighted by atomic mass is 9.96. The number of hydrogen-bond donors (Lipinski definition) is 2. The maximum Gasteiger partial charge on any atom is 0.157 e.